The zero-order valence-corrected chi connectivity index (χ0v) is 8.01. The Bertz CT molecular complexity index is 161. The quantitative estimate of drug-likeness (QED) is 0.611. The normalized spacial score (nSPS) is 29.9. The average Bonchev–Trinajstić information content (AvgIpc) is 2.03. The van der Waals surface area contributed by atoms with Crippen molar-refractivity contribution in [1.29, 1.82) is 0 Å². The molecular formula is C10H19NO. The highest BCUT2D eigenvalue weighted by Gasteiger charge is 2.21. The summed E-state index contributed by atoms with van der Waals surface area (Å²) >= 11 is 0. The van der Waals surface area contributed by atoms with E-state index in [2.05, 4.69) is 25.2 Å². The average molecular weight is 169 g/mol. The molecule has 0 saturated carbocycles. The van der Waals surface area contributed by atoms with Crippen LogP contribution >= 0.6 is 0 Å². The van der Waals surface area contributed by atoms with Crippen LogP contribution in [0.25, 0.3) is 0 Å². The molecule has 1 aliphatic heterocycles. The van der Waals surface area contributed by atoms with Gasteiger partial charge in [0.25, 0.3) is 0 Å². The summed E-state index contributed by atoms with van der Waals surface area (Å²) < 4.78 is 0. The van der Waals surface area contributed by atoms with Crippen LogP contribution in [-0.2, 0) is 0 Å². The van der Waals surface area contributed by atoms with Crippen molar-refractivity contribution in [3.8, 4) is 0 Å². The number of hydrogen-bond acceptors (Lipinski definition) is 2. The van der Waals surface area contributed by atoms with Crippen LogP contribution in [0.3, 0.4) is 0 Å². The van der Waals surface area contributed by atoms with Crippen molar-refractivity contribution in [3.63, 3.8) is 0 Å². The molecule has 2 N–H and O–H groups in total. The summed E-state index contributed by atoms with van der Waals surface area (Å²) in [6, 6.07) is 0. The number of rotatable bonds is 2. The highest BCUT2D eigenvalue weighted by Crippen LogP contribution is 2.16. The van der Waals surface area contributed by atoms with E-state index in [-0.39, 0.29) is 6.10 Å². The molecule has 2 unspecified atom stereocenters. The number of piperidine rings is 1. The molecule has 2 atom stereocenters. The summed E-state index contributed by atoms with van der Waals surface area (Å²) in [6.45, 7) is 6.13. The van der Waals surface area contributed by atoms with E-state index in [0.29, 0.717) is 5.92 Å². The van der Waals surface area contributed by atoms with E-state index >= 15 is 0 Å². The molecule has 1 rings (SSSR count). The Hall–Kier alpha value is -0.340. The smallest absolute Gasteiger partial charge is 0.0595 e. The summed E-state index contributed by atoms with van der Waals surface area (Å²) in [6.07, 6.45) is 4.03. The Balaban J connectivity index is 2.34. The maximum atomic E-state index is 9.61. The SMILES string of the molecule is CC(C)=CCC1CNCCC1O. The maximum absolute atomic E-state index is 9.61. The van der Waals surface area contributed by atoms with Crippen molar-refractivity contribution in [2.24, 2.45) is 5.92 Å². The standard InChI is InChI=1S/C10H19NO/c1-8(2)3-4-9-7-11-6-5-10(9)12/h3,9-12H,4-7H2,1-2H3. The van der Waals surface area contributed by atoms with Gasteiger partial charge in [-0.05, 0) is 33.2 Å². The van der Waals surface area contributed by atoms with Crippen LogP contribution < -0.4 is 5.32 Å². The van der Waals surface area contributed by atoms with Gasteiger partial charge in [0.05, 0.1) is 6.10 Å². The van der Waals surface area contributed by atoms with Crippen molar-refractivity contribution in [2.45, 2.75) is 32.8 Å². The van der Waals surface area contributed by atoms with Crippen LogP contribution in [0.5, 0.6) is 0 Å². The monoisotopic (exact) mass is 169 g/mol. The Kier molecular flexibility index (Phi) is 3.76. The van der Waals surface area contributed by atoms with Gasteiger partial charge in [-0.3, -0.25) is 0 Å². The third-order valence-electron chi connectivity index (χ3n) is 2.40. The van der Waals surface area contributed by atoms with E-state index in [0.717, 1.165) is 25.9 Å². The highest BCUT2D eigenvalue weighted by atomic mass is 16.3. The van der Waals surface area contributed by atoms with Gasteiger partial charge in [-0.15, -0.1) is 0 Å². The fourth-order valence-electron chi connectivity index (χ4n) is 1.54. The van der Waals surface area contributed by atoms with E-state index in [1.807, 2.05) is 0 Å². The van der Waals surface area contributed by atoms with Gasteiger partial charge < -0.3 is 10.4 Å². The van der Waals surface area contributed by atoms with E-state index in [4.69, 9.17) is 0 Å². The third-order valence-corrected chi connectivity index (χ3v) is 2.40. The predicted molar refractivity (Wildman–Crippen MR) is 51.0 cm³/mol. The summed E-state index contributed by atoms with van der Waals surface area (Å²) in [5.74, 6) is 0.425. The van der Waals surface area contributed by atoms with Gasteiger partial charge in [-0.25, -0.2) is 0 Å². The molecule has 1 aliphatic rings. The van der Waals surface area contributed by atoms with Crippen LogP contribution in [0.1, 0.15) is 26.7 Å². The topological polar surface area (TPSA) is 32.3 Å². The van der Waals surface area contributed by atoms with Crippen molar-refractivity contribution in [3.05, 3.63) is 11.6 Å². The van der Waals surface area contributed by atoms with E-state index in [1.54, 1.807) is 0 Å². The van der Waals surface area contributed by atoms with Gasteiger partial charge >= 0.3 is 0 Å². The Labute approximate surface area is 74.7 Å². The van der Waals surface area contributed by atoms with Gasteiger partial charge in [0, 0.05) is 12.5 Å². The maximum Gasteiger partial charge on any atom is 0.0595 e. The summed E-state index contributed by atoms with van der Waals surface area (Å²) in [5, 5.41) is 12.9. The third kappa shape index (κ3) is 2.95. The molecule has 1 saturated heterocycles. The van der Waals surface area contributed by atoms with Crippen LogP contribution in [0.15, 0.2) is 11.6 Å². The molecule has 12 heavy (non-hydrogen) atoms. The second-order valence-electron chi connectivity index (χ2n) is 3.84. The molecule has 0 aromatic rings. The van der Waals surface area contributed by atoms with Crippen LogP contribution in [0.2, 0.25) is 0 Å². The van der Waals surface area contributed by atoms with Crippen LogP contribution in [-0.4, -0.2) is 24.3 Å². The lowest BCUT2D eigenvalue weighted by Crippen LogP contribution is -2.39. The second kappa shape index (κ2) is 4.63. The molecule has 2 heteroatoms. The zero-order valence-electron chi connectivity index (χ0n) is 8.01. The highest BCUT2D eigenvalue weighted by molar-refractivity contribution is 4.96. The summed E-state index contributed by atoms with van der Waals surface area (Å²) in [4.78, 5) is 0. The van der Waals surface area contributed by atoms with Gasteiger partial charge in [-0.1, -0.05) is 11.6 Å². The minimum absolute atomic E-state index is 0.0955. The van der Waals surface area contributed by atoms with Gasteiger partial charge in [0.15, 0.2) is 0 Å². The molecule has 2 nitrogen and oxygen atoms in total. The molecule has 1 fully saturated rings. The van der Waals surface area contributed by atoms with Crippen molar-refractivity contribution >= 4 is 0 Å². The summed E-state index contributed by atoms with van der Waals surface area (Å²) in [5.41, 5.74) is 1.34. The Morgan fingerprint density at radius 3 is 2.92 bits per heavy atom. The minimum atomic E-state index is -0.0955. The lowest BCUT2D eigenvalue weighted by atomic mass is 9.92. The molecule has 0 aliphatic carbocycles. The zero-order chi connectivity index (χ0) is 8.97. The molecule has 0 amide bonds. The van der Waals surface area contributed by atoms with Gasteiger partial charge in [0.2, 0.25) is 0 Å². The molecule has 0 bridgehead atoms. The molecule has 0 radical (unpaired) electrons. The minimum Gasteiger partial charge on any atom is -0.393 e. The molecule has 0 aromatic heterocycles. The predicted octanol–water partition coefficient (Wildman–Crippen LogP) is 1.31. The number of nitrogens with one attached hydrogen (secondary N) is 1. The number of hydrogen-bond donors (Lipinski definition) is 2. The van der Waals surface area contributed by atoms with Crippen molar-refractivity contribution in [1.82, 2.24) is 5.32 Å². The first-order valence-electron chi connectivity index (χ1n) is 4.72. The van der Waals surface area contributed by atoms with E-state index < -0.39 is 0 Å². The van der Waals surface area contributed by atoms with E-state index in [1.165, 1.54) is 5.57 Å². The molecule has 0 aromatic carbocycles. The number of allylic oxidation sites excluding steroid dienone is 2. The Morgan fingerprint density at radius 2 is 2.33 bits per heavy atom. The summed E-state index contributed by atoms with van der Waals surface area (Å²) in [7, 11) is 0. The molecule has 70 valence electrons. The molecule has 0 spiro atoms. The van der Waals surface area contributed by atoms with Gasteiger partial charge in [0.1, 0.15) is 0 Å². The number of aliphatic hydroxyl groups excluding tert-OH is 1. The fraction of sp³-hybridized carbons (Fsp3) is 0.800. The van der Waals surface area contributed by atoms with Crippen molar-refractivity contribution < 1.29 is 5.11 Å². The van der Waals surface area contributed by atoms with Gasteiger partial charge in [-0.2, -0.15) is 0 Å². The largest absolute Gasteiger partial charge is 0.393 e. The first-order valence-corrected chi connectivity index (χ1v) is 4.72. The fourth-order valence-corrected chi connectivity index (χ4v) is 1.54. The molecule has 1 heterocycles. The second-order valence-corrected chi connectivity index (χ2v) is 3.84. The van der Waals surface area contributed by atoms with E-state index in [9.17, 15) is 5.11 Å². The van der Waals surface area contributed by atoms with Crippen LogP contribution in [0, 0.1) is 5.92 Å². The Morgan fingerprint density at radius 1 is 1.58 bits per heavy atom. The molecular weight excluding hydrogens is 150 g/mol. The number of aliphatic hydroxyl groups is 1. The first-order chi connectivity index (χ1) is 5.70. The first kappa shape index (κ1) is 9.75. The lowest BCUT2D eigenvalue weighted by molar-refractivity contribution is 0.0804. The van der Waals surface area contributed by atoms with Crippen LogP contribution in [0.4, 0.5) is 0 Å². The van der Waals surface area contributed by atoms with Crippen molar-refractivity contribution in [2.75, 3.05) is 13.1 Å². The lowest BCUT2D eigenvalue weighted by Gasteiger charge is -2.27.